The standard InChI is InChI=1S/C18H22N2O/c1-3-19-13-14(2)18(21)20-17-12-8-7-11-16(17)15-9-5-4-6-10-15/h4-12,14,19H,3,13H2,1-2H3,(H,20,21). The van der Waals surface area contributed by atoms with Gasteiger partial charge in [0.25, 0.3) is 0 Å². The Kier molecular flexibility index (Phi) is 5.52. The molecule has 1 amide bonds. The number of carbonyl (C=O) groups is 1. The fourth-order valence-corrected chi connectivity index (χ4v) is 2.17. The molecular weight excluding hydrogens is 260 g/mol. The van der Waals surface area contributed by atoms with Crippen LogP contribution in [0.15, 0.2) is 54.6 Å². The van der Waals surface area contributed by atoms with E-state index in [-0.39, 0.29) is 11.8 Å². The Hall–Kier alpha value is -2.13. The van der Waals surface area contributed by atoms with Gasteiger partial charge in [0.05, 0.1) is 0 Å². The second kappa shape index (κ2) is 7.60. The van der Waals surface area contributed by atoms with E-state index >= 15 is 0 Å². The van der Waals surface area contributed by atoms with Crippen molar-refractivity contribution in [2.75, 3.05) is 18.4 Å². The van der Waals surface area contributed by atoms with Crippen LogP contribution in [0.3, 0.4) is 0 Å². The molecule has 0 saturated heterocycles. The van der Waals surface area contributed by atoms with Crippen LogP contribution in [-0.4, -0.2) is 19.0 Å². The summed E-state index contributed by atoms with van der Waals surface area (Å²) < 4.78 is 0. The van der Waals surface area contributed by atoms with Crippen molar-refractivity contribution in [1.82, 2.24) is 5.32 Å². The number of amides is 1. The summed E-state index contributed by atoms with van der Waals surface area (Å²) in [6, 6.07) is 18.0. The fraction of sp³-hybridized carbons (Fsp3) is 0.278. The summed E-state index contributed by atoms with van der Waals surface area (Å²) in [5.74, 6) is -0.0203. The number of hydrogen-bond acceptors (Lipinski definition) is 2. The summed E-state index contributed by atoms with van der Waals surface area (Å²) in [4.78, 5) is 12.3. The molecule has 0 heterocycles. The van der Waals surface area contributed by atoms with Gasteiger partial charge in [0.15, 0.2) is 0 Å². The average Bonchev–Trinajstić information content (AvgIpc) is 2.54. The van der Waals surface area contributed by atoms with E-state index in [1.807, 2.05) is 68.4 Å². The first-order chi connectivity index (χ1) is 10.2. The van der Waals surface area contributed by atoms with Gasteiger partial charge in [-0.15, -0.1) is 0 Å². The minimum Gasteiger partial charge on any atom is -0.325 e. The Labute approximate surface area is 126 Å². The third kappa shape index (κ3) is 4.17. The summed E-state index contributed by atoms with van der Waals surface area (Å²) in [5, 5.41) is 6.24. The first-order valence-corrected chi connectivity index (χ1v) is 7.38. The van der Waals surface area contributed by atoms with Gasteiger partial charge in [0, 0.05) is 23.7 Å². The molecule has 0 fully saturated rings. The molecule has 0 aliphatic rings. The van der Waals surface area contributed by atoms with E-state index in [2.05, 4.69) is 10.6 Å². The first kappa shape index (κ1) is 15.3. The molecule has 3 heteroatoms. The number of anilines is 1. The van der Waals surface area contributed by atoms with E-state index in [4.69, 9.17) is 0 Å². The molecule has 0 aliphatic carbocycles. The third-order valence-corrected chi connectivity index (χ3v) is 3.42. The number of benzene rings is 2. The van der Waals surface area contributed by atoms with Crippen LogP contribution in [0, 0.1) is 5.92 Å². The first-order valence-electron chi connectivity index (χ1n) is 7.38. The van der Waals surface area contributed by atoms with Gasteiger partial charge in [-0.05, 0) is 18.2 Å². The van der Waals surface area contributed by atoms with Gasteiger partial charge in [-0.1, -0.05) is 62.4 Å². The van der Waals surface area contributed by atoms with Crippen molar-refractivity contribution in [3.05, 3.63) is 54.6 Å². The fourth-order valence-electron chi connectivity index (χ4n) is 2.17. The van der Waals surface area contributed by atoms with E-state index in [1.165, 1.54) is 0 Å². The maximum Gasteiger partial charge on any atom is 0.228 e. The summed E-state index contributed by atoms with van der Waals surface area (Å²) in [6.45, 7) is 5.53. The van der Waals surface area contributed by atoms with E-state index in [0.717, 1.165) is 23.4 Å². The van der Waals surface area contributed by atoms with Crippen LogP contribution in [0.4, 0.5) is 5.69 Å². The van der Waals surface area contributed by atoms with Crippen LogP contribution in [0.2, 0.25) is 0 Å². The Morgan fingerprint density at radius 2 is 1.71 bits per heavy atom. The van der Waals surface area contributed by atoms with Crippen molar-refractivity contribution in [1.29, 1.82) is 0 Å². The smallest absolute Gasteiger partial charge is 0.228 e. The highest BCUT2D eigenvalue weighted by atomic mass is 16.1. The van der Waals surface area contributed by atoms with E-state index in [9.17, 15) is 4.79 Å². The Balaban J connectivity index is 2.16. The molecule has 0 radical (unpaired) electrons. The molecule has 0 aliphatic heterocycles. The largest absolute Gasteiger partial charge is 0.325 e. The second-order valence-corrected chi connectivity index (χ2v) is 5.11. The molecule has 2 aromatic rings. The van der Waals surface area contributed by atoms with Crippen LogP contribution in [0.1, 0.15) is 13.8 Å². The summed E-state index contributed by atoms with van der Waals surface area (Å²) >= 11 is 0. The van der Waals surface area contributed by atoms with Crippen LogP contribution in [0.25, 0.3) is 11.1 Å². The zero-order valence-corrected chi connectivity index (χ0v) is 12.6. The quantitative estimate of drug-likeness (QED) is 0.851. The molecule has 0 aromatic heterocycles. The van der Waals surface area contributed by atoms with Crippen molar-refractivity contribution >= 4 is 11.6 Å². The Bertz CT molecular complexity index is 581. The van der Waals surface area contributed by atoms with Gasteiger partial charge in [-0.3, -0.25) is 4.79 Å². The SMILES string of the molecule is CCNCC(C)C(=O)Nc1ccccc1-c1ccccc1. The van der Waals surface area contributed by atoms with E-state index in [0.29, 0.717) is 6.54 Å². The van der Waals surface area contributed by atoms with Crippen LogP contribution in [0.5, 0.6) is 0 Å². The van der Waals surface area contributed by atoms with E-state index < -0.39 is 0 Å². The Morgan fingerprint density at radius 1 is 1.05 bits per heavy atom. The molecule has 0 spiro atoms. The lowest BCUT2D eigenvalue weighted by Crippen LogP contribution is -2.30. The van der Waals surface area contributed by atoms with Crippen molar-refractivity contribution in [2.24, 2.45) is 5.92 Å². The minimum absolute atomic E-state index is 0.0410. The zero-order chi connectivity index (χ0) is 15.1. The molecule has 3 nitrogen and oxygen atoms in total. The molecular formula is C18H22N2O. The molecule has 21 heavy (non-hydrogen) atoms. The highest BCUT2D eigenvalue weighted by Gasteiger charge is 2.14. The lowest BCUT2D eigenvalue weighted by Gasteiger charge is -2.15. The van der Waals surface area contributed by atoms with Gasteiger partial charge in [0.2, 0.25) is 5.91 Å². The maximum atomic E-state index is 12.3. The molecule has 2 N–H and O–H groups in total. The van der Waals surface area contributed by atoms with Crippen LogP contribution in [-0.2, 0) is 4.79 Å². The van der Waals surface area contributed by atoms with Crippen LogP contribution >= 0.6 is 0 Å². The maximum absolute atomic E-state index is 12.3. The number of nitrogens with one attached hydrogen (secondary N) is 2. The third-order valence-electron chi connectivity index (χ3n) is 3.42. The minimum atomic E-state index is -0.0613. The van der Waals surface area contributed by atoms with Gasteiger partial charge in [-0.25, -0.2) is 0 Å². The molecule has 1 unspecified atom stereocenters. The second-order valence-electron chi connectivity index (χ2n) is 5.11. The molecule has 0 bridgehead atoms. The van der Waals surface area contributed by atoms with Crippen molar-refractivity contribution in [3.63, 3.8) is 0 Å². The predicted octanol–water partition coefficient (Wildman–Crippen LogP) is 3.54. The molecule has 2 rings (SSSR count). The van der Waals surface area contributed by atoms with Gasteiger partial charge in [-0.2, -0.15) is 0 Å². The number of carbonyl (C=O) groups excluding carboxylic acids is 1. The van der Waals surface area contributed by atoms with Crippen LogP contribution < -0.4 is 10.6 Å². The normalized spacial score (nSPS) is 11.9. The molecule has 110 valence electrons. The highest BCUT2D eigenvalue weighted by Crippen LogP contribution is 2.27. The van der Waals surface area contributed by atoms with Gasteiger partial charge in [0.1, 0.15) is 0 Å². The predicted molar refractivity (Wildman–Crippen MR) is 88.2 cm³/mol. The van der Waals surface area contributed by atoms with E-state index in [1.54, 1.807) is 0 Å². The molecule has 0 saturated carbocycles. The molecule has 1 atom stereocenters. The van der Waals surface area contributed by atoms with Crippen molar-refractivity contribution in [3.8, 4) is 11.1 Å². The number of rotatable bonds is 6. The number of para-hydroxylation sites is 1. The van der Waals surface area contributed by atoms with Gasteiger partial charge < -0.3 is 10.6 Å². The monoisotopic (exact) mass is 282 g/mol. The average molecular weight is 282 g/mol. The number of hydrogen-bond donors (Lipinski definition) is 2. The topological polar surface area (TPSA) is 41.1 Å². The summed E-state index contributed by atoms with van der Waals surface area (Å²) in [5.41, 5.74) is 3.01. The summed E-state index contributed by atoms with van der Waals surface area (Å²) in [7, 11) is 0. The summed E-state index contributed by atoms with van der Waals surface area (Å²) in [6.07, 6.45) is 0. The van der Waals surface area contributed by atoms with Crippen molar-refractivity contribution < 1.29 is 4.79 Å². The lowest BCUT2D eigenvalue weighted by atomic mass is 10.0. The Morgan fingerprint density at radius 3 is 2.43 bits per heavy atom. The van der Waals surface area contributed by atoms with Gasteiger partial charge >= 0.3 is 0 Å². The van der Waals surface area contributed by atoms with Crippen molar-refractivity contribution in [2.45, 2.75) is 13.8 Å². The lowest BCUT2D eigenvalue weighted by molar-refractivity contribution is -0.119. The highest BCUT2D eigenvalue weighted by molar-refractivity contribution is 5.96. The molecule has 2 aromatic carbocycles. The zero-order valence-electron chi connectivity index (χ0n) is 12.6.